The molecule has 5 N–H and O–H groups in total. The summed E-state index contributed by atoms with van der Waals surface area (Å²) in [4.78, 5) is 10.7. The number of carboxylic acid groups (broad SMARTS) is 1. The first kappa shape index (κ1) is 17.0. The summed E-state index contributed by atoms with van der Waals surface area (Å²) in [7, 11) is 0. The predicted molar refractivity (Wildman–Crippen MR) is 80.2 cm³/mol. The van der Waals surface area contributed by atoms with Crippen molar-refractivity contribution in [3.05, 3.63) is 0 Å². The second-order valence-electron chi connectivity index (χ2n) is 6.11. The fourth-order valence-corrected chi connectivity index (χ4v) is 5.13. The molecule has 0 spiro atoms. The molecule has 0 aromatic rings. The average molecular weight is 319 g/mol. The highest BCUT2D eigenvalue weighted by molar-refractivity contribution is 8.00. The molecule has 1 aliphatic carbocycles. The van der Waals surface area contributed by atoms with Crippen LogP contribution in [0, 0.1) is 5.92 Å². The van der Waals surface area contributed by atoms with Crippen LogP contribution in [0.25, 0.3) is 0 Å². The van der Waals surface area contributed by atoms with Gasteiger partial charge in [-0.05, 0) is 18.8 Å². The van der Waals surface area contributed by atoms with E-state index in [2.05, 4.69) is 5.32 Å². The van der Waals surface area contributed by atoms with Crippen LogP contribution in [-0.4, -0.2) is 67.8 Å². The average Bonchev–Trinajstić information content (AvgIpc) is 2.47. The van der Waals surface area contributed by atoms with Crippen molar-refractivity contribution in [2.75, 3.05) is 6.54 Å². The highest BCUT2D eigenvalue weighted by Gasteiger charge is 2.46. The van der Waals surface area contributed by atoms with E-state index in [1.54, 1.807) is 0 Å². The van der Waals surface area contributed by atoms with Gasteiger partial charge in [0.15, 0.2) is 0 Å². The maximum absolute atomic E-state index is 10.7. The summed E-state index contributed by atoms with van der Waals surface area (Å²) >= 11 is 1.50. The summed E-state index contributed by atoms with van der Waals surface area (Å²) in [6.45, 7) is 1.76. The van der Waals surface area contributed by atoms with E-state index in [4.69, 9.17) is 5.11 Å². The van der Waals surface area contributed by atoms with E-state index in [9.17, 15) is 20.1 Å². The zero-order valence-electron chi connectivity index (χ0n) is 12.2. The van der Waals surface area contributed by atoms with Gasteiger partial charge in [-0.1, -0.05) is 19.8 Å². The third kappa shape index (κ3) is 3.90. The van der Waals surface area contributed by atoms with Crippen molar-refractivity contribution in [1.29, 1.82) is 0 Å². The summed E-state index contributed by atoms with van der Waals surface area (Å²) in [5.74, 6) is -0.775. The Bertz CT molecular complexity index is 369. The molecule has 0 aromatic heterocycles. The molecule has 2 rings (SSSR count). The number of aliphatic hydroxyl groups is 3. The van der Waals surface area contributed by atoms with Crippen LogP contribution in [-0.2, 0) is 4.79 Å². The van der Waals surface area contributed by atoms with Crippen molar-refractivity contribution >= 4 is 17.7 Å². The molecule has 122 valence electrons. The van der Waals surface area contributed by atoms with Gasteiger partial charge in [0.25, 0.3) is 0 Å². The molecule has 0 amide bonds. The minimum atomic E-state index is -1.13. The van der Waals surface area contributed by atoms with E-state index >= 15 is 0 Å². The Morgan fingerprint density at radius 2 is 1.81 bits per heavy atom. The first-order valence-electron chi connectivity index (χ1n) is 7.56. The van der Waals surface area contributed by atoms with Gasteiger partial charge in [-0.3, -0.25) is 4.79 Å². The predicted octanol–water partition coefficient (Wildman–Crippen LogP) is -0.194. The van der Waals surface area contributed by atoms with Crippen molar-refractivity contribution in [2.45, 2.75) is 67.5 Å². The van der Waals surface area contributed by atoms with Gasteiger partial charge < -0.3 is 25.7 Å². The zero-order valence-corrected chi connectivity index (χ0v) is 13.0. The molecular weight excluding hydrogens is 294 g/mol. The first-order chi connectivity index (χ1) is 9.91. The van der Waals surface area contributed by atoms with E-state index in [-0.39, 0.29) is 29.0 Å². The van der Waals surface area contributed by atoms with Crippen LogP contribution in [0.1, 0.15) is 32.6 Å². The van der Waals surface area contributed by atoms with Crippen molar-refractivity contribution < 1.29 is 25.2 Å². The summed E-state index contributed by atoms with van der Waals surface area (Å²) in [5.41, 5.74) is 0. The third-order valence-corrected chi connectivity index (χ3v) is 6.30. The molecule has 21 heavy (non-hydrogen) atoms. The van der Waals surface area contributed by atoms with E-state index in [0.717, 1.165) is 25.7 Å². The minimum absolute atomic E-state index is 0.0386. The summed E-state index contributed by atoms with van der Waals surface area (Å²) in [5, 5.41) is 41.7. The molecule has 6 nitrogen and oxygen atoms in total. The highest BCUT2D eigenvalue weighted by Crippen LogP contribution is 2.41. The minimum Gasteiger partial charge on any atom is -0.480 e. The fraction of sp³-hybridized carbons (Fsp3) is 0.929. The summed E-state index contributed by atoms with van der Waals surface area (Å²) < 4.78 is 0. The number of hydrogen-bond donors (Lipinski definition) is 5. The van der Waals surface area contributed by atoms with Crippen LogP contribution in [0.5, 0.6) is 0 Å². The van der Waals surface area contributed by atoms with E-state index in [0.29, 0.717) is 0 Å². The third-order valence-electron chi connectivity index (χ3n) is 4.65. The van der Waals surface area contributed by atoms with Crippen LogP contribution in [0.3, 0.4) is 0 Å². The number of carboxylic acids is 1. The summed E-state index contributed by atoms with van der Waals surface area (Å²) in [6, 6.07) is 0.0386. The molecule has 7 heteroatoms. The van der Waals surface area contributed by atoms with Gasteiger partial charge in [0, 0.05) is 16.5 Å². The Hall–Kier alpha value is -0.340. The van der Waals surface area contributed by atoms with E-state index < -0.39 is 24.3 Å². The lowest BCUT2D eigenvalue weighted by Gasteiger charge is -2.45. The van der Waals surface area contributed by atoms with Gasteiger partial charge in [-0.15, -0.1) is 11.8 Å². The molecular formula is C14H25NO5S. The molecule has 2 aliphatic rings. The van der Waals surface area contributed by atoms with Crippen LogP contribution in [0.4, 0.5) is 0 Å². The lowest BCUT2D eigenvalue weighted by Crippen LogP contribution is -2.57. The lowest BCUT2D eigenvalue weighted by atomic mass is 9.79. The number of aliphatic carboxylic acids is 1. The van der Waals surface area contributed by atoms with Crippen molar-refractivity contribution in [2.24, 2.45) is 5.92 Å². The monoisotopic (exact) mass is 319 g/mol. The van der Waals surface area contributed by atoms with Crippen LogP contribution in [0.2, 0.25) is 0 Å². The molecule has 1 saturated heterocycles. The normalized spacial score (nSPS) is 44.5. The van der Waals surface area contributed by atoms with Gasteiger partial charge >= 0.3 is 5.97 Å². The number of hydrogen-bond acceptors (Lipinski definition) is 6. The van der Waals surface area contributed by atoms with Crippen LogP contribution < -0.4 is 5.32 Å². The Kier molecular flexibility index (Phi) is 5.90. The quantitative estimate of drug-likeness (QED) is 0.488. The van der Waals surface area contributed by atoms with Gasteiger partial charge in [-0.2, -0.15) is 0 Å². The SMILES string of the molecule is C[C@@H]1S[C@@H](C2CCCCC2NCC(=O)O)[C@@H](O)[C@H](O)[C@@H]1O. The largest absolute Gasteiger partial charge is 0.480 e. The van der Waals surface area contributed by atoms with Gasteiger partial charge in [-0.25, -0.2) is 0 Å². The van der Waals surface area contributed by atoms with E-state index in [1.807, 2.05) is 6.92 Å². The number of aliphatic hydroxyl groups excluding tert-OH is 3. The second-order valence-corrected chi connectivity index (χ2v) is 7.67. The molecule has 7 atom stereocenters. The van der Waals surface area contributed by atoms with Crippen molar-refractivity contribution in [1.82, 2.24) is 5.32 Å². The molecule has 2 fully saturated rings. The molecule has 1 saturated carbocycles. The Morgan fingerprint density at radius 1 is 1.14 bits per heavy atom. The second kappa shape index (κ2) is 7.28. The topological polar surface area (TPSA) is 110 Å². The van der Waals surface area contributed by atoms with Crippen molar-refractivity contribution in [3.63, 3.8) is 0 Å². The van der Waals surface area contributed by atoms with Crippen LogP contribution >= 0.6 is 11.8 Å². The molecule has 1 heterocycles. The van der Waals surface area contributed by atoms with Crippen LogP contribution in [0.15, 0.2) is 0 Å². The lowest BCUT2D eigenvalue weighted by molar-refractivity contribution is -0.136. The molecule has 0 bridgehead atoms. The maximum Gasteiger partial charge on any atom is 0.317 e. The Balaban J connectivity index is 2.07. The standard InChI is InChI=1S/C14H25NO5S/c1-7-11(18)12(19)13(20)14(21-7)8-4-2-3-5-9(8)15-6-10(16)17/h7-9,11-15,18-20H,2-6H2,1H3,(H,16,17)/t7-,8?,9?,11+,12+,13-,14-/m0/s1. The maximum atomic E-state index is 10.7. The van der Waals surface area contributed by atoms with E-state index in [1.165, 1.54) is 11.8 Å². The van der Waals surface area contributed by atoms with Gasteiger partial charge in [0.05, 0.1) is 18.8 Å². The zero-order chi connectivity index (χ0) is 15.6. The fourth-order valence-electron chi connectivity index (χ4n) is 3.46. The Morgan fingerprint density at radius 3 is 2.48 bits per heavy atom. The highest BCUT2D eigenvalue weighted by atomic mass is 32.2. The van der Waals surface area contributed by atoms with Gasteiger partial charge in [0.2, 0.25) is 0 Å². The molecule has 2 unspecified atom stereocenters. The number of rotatable bonds is 4. The summed E-state index contributed by atoms with van der Waals surface area (Å²) in [6.07, 6.45) is 0.854. The number of carbonyl (C=O) groups is 1. The van der Waals surface area contributed by atoms with Crippen molar-refractivity contribution in [3.8, 4) is 0 Å². The van der Waals surface area contributed by atoms with Gasteiger partial charge in [0.1, 0.15) is 6.10 Å². The number of thioether (sulfide) groups is 1. The smallest absolute Gasteiger partial charge is 0.317 e. The molecule has 0 radical (unpaired) electrons. The Labute approximate surface area is 128 Å². The number of nitrogens with one attached hydrogen (secondary N) is 1. The first-order valence-corrected chi connectivity index (χ1v) is 8.51. The molecule has 1 aliphatic heterocycles. The molecule has 0 aromatic carbocycles.